The number of methoxy groups -OCH3 is 1. The summed E-state index contributed by atoms with van der Waals surface area (Å²) in [6.45, 7) is 4.65. The van der Waals surface area contributed by atoms with Gasteiger partial charge in [-0.2, -0.15) is 0 Å². The Labute approximate surface area is 221 Å². The molecule has 1 aliphatic rings. The minimum atomic E-state index is -0.00879. The number of amides is 1. The van der Waals surface area contributed by atoms with Crippen molar-refractivity contribution in [2.75, 3.05) is 38.2 Å². The number of aromatic nitrogens is 3. The maximum Gasteiger partial charge on any atom is 0.257 e. The topological polar surface area (TPSA) is 63.5 Å². The van der Waals surface area contributed by atoms with Gasteiger partial charge in [-0.25, -0.2) is 9.97 Å². The van der Waals surface area contributed by atoms with Crippen LogP contribution in [0.1, 0.15) is 15.9 Å². The van der Waals surface area contributed by atoms with Crippen LogP contribution in [0.5, 0.6) is 5.75 Å². The first-order chi connectivity index (χ1) is 18.6. The van der Waals surface area contributed by atoms with E-state index in [-0.39, 0.29) is 5.91 Å². The molecular weight excluding hydrogens is 474 g/mol. The lowest BCUT2D eigenvalue weighted by Crippen LogP contribution is -2.49. The van der Waals surface area contributed by atoms with Crippen molar-refractivity contribution in [1.29, 1.82) is 0 Å². The Bertz CT molecular complexity index is 1600. The highest BCUT2D eigenvalue weighted by atomic mass is 16.5. The molecule has 0 N–H and O–H groups in total. The van der Waals surface area contributed by atoms with Gasteiger partial charge in [-0.05, 0) is 42.3 Å². The molecular formula is C31H29N5O2. The minimum Gasteiger partial charge on any atom is -0.496 e. The second kappa shape index (κ2) is 10.0. The van der Waals surface area contributed by atoms with Crippen molar-refractivity contribution in [2.45, 2.75) is 6.92 Å². The number of anilines is 1. The van der Waals surface area contributed by atoms with E-state index in [2.05, 4.69) is 71.1 Å². The molecule has 1 aliphatic heterocycles. The minimum absolute atomic E-state index is 0.00879. The van der Waals surface area contributed by atoms with Crippen molar-refractivity contribution >= 4 is 22.8 Å². The van der Waals surface area contributed by atoms with E-state index < -0.39 is 0 Å². The van der Waals surface area contributed by atoms with E-state index in [1.165, 1.54) is 5.56 Å². The summed E-state index contributed by atoms with van der Waals surface area (Å²) < 4.78 is 7.57. The van der Waals surface area contributed by atoms with Gasteiger partial charge in [-0.15, -0.1) is 0 Å². The van der Waals surface area contributed by atoms with Crippen LogP contribution in [-0.2, 0) is 0 Å². The highest BCUT2D eigenvalue weighted by Crippen LogP contribution is 2.37. The Hall–Kier alpha value is -4.65. The van der Waals surface area contributed by atoms with E-state index in [0.717, 1.165) is 33.7 Å². The Morgan fingerprint density at radius 3 is 2.39 bits per heavy atom. The van der Waals surface area contributed by atoms with E-state index in [0.29, 0.717) is 37.5 Å². The zero-order valence-corrected chi connectivity index (χ0v) is 21.5. The Balaban J connectivity index is 1.37. The van der Waals surface area contributed by atoms with Gasteiger partial charge in [0.2, 0.25) is 0 Å². The van der Waals surface area contributed by atoms with Gasteiger partial charge in [-0.1, -0.05) is 54.6 Å². The number of nitrogens with zero attached hydrogens (tertiary/aromatic N) is 5. The first kappa shape index (κ1) is 23.7. The first-order valence-corrected chi connectivity index (χ1v) is 12.8. The molecule has 0 spiro atoms. The number of piperazine rings is 1. The van der Waals surface area contributed by atoms with Gasteiger partial charge in [0.05, 0.1) is 18.1 Å². The summed E-state index contributed by atoms with van der Waals surface area (Å²) in [5.74, 6) is 1.48. The smallest absolute Gasteiger partial charge is 0.257 e. The molecule has 38 heavy (non-hydrogen) atoms. The van der Waals surface area contributed by atoms with Gasteiger partial charge >= 0.3 is 0 Å². The molecule has 0 radical (unpaired) electrons. The molecule has 0 atom stereocenters. The van der Waals surface area contributed by atoms with Crippen molar-refractivity contribution in [3.63, 3.8) is 0 Å². The summed E-state index contributed by atoms with van der Waals surface area (Å²) in [6, 6.07) is 26.2. The number of hydrogen-bond donors (Lipinski definition) is 0. The molecule has 1 amide bonds. The summed E-state index contributed by atoms with van der Waals surface area (Å²) in [4.78, 5) is 26.9. The molecule has 7 nitrogen and oxygen atoms in total. The Morgan fingerprint density at radius 1 is 0.868 bits per heavy atom. The van der Waals surface area contributed by atoms with Gasteiger partial charge in [-0.3, -0.25) is 4.79 Å². The molecule has 2 aromatic heterocycles. The van der Waals surface area contributed by atoms with E-state index in [1.807, 2.05) is 35.2 Å². The quantitative estimate of drug-likeness (QED) is 0.323. The zero-order valence-electron chi connectivity index (χ0n) is 21.5. The van der Waals surface area contributed by atoms with E-state index in [1.54, 1.807) is 13.4 Å². The van der Waals surface area contributed by atoms with Crippen LogP contribution in [0.4, 0.5) is 5.82 Å². The SMILES string of the molecule is COc1ccccc1C(=O)N1CCN(c2ncnc3c2c(-c2ccccc2)cn3-c2cccc(C)c2)CC1. The van der Waals surface area contributed by atoms with Crippen LogP contribution in [0, 0.1) is 6.92 Å². The standard InChI is InChI=1S/C31H29N5O2/c1-22-9-8-12-24(19-22)36-20-26(23-10-4-3-5-11-23)28-29(32-21-33-30(28)36)34-15-17-35(18-16-34)31(37)25-13-6-7-14-27(25)38-2/h3-14,19-21H,15-18H2,1-2H3. The summed E-state index contributed by atoms with van der Waals surface area (Å²) in [5.41, 5.74) is 5.92. The number of benzene rings is 3. The second-order valence-corrected chi connectivity index (χ2v) is 9.49. The molecule has 1 saturated heterocycles. The van der Waals surface area contributed by atoms with Crippen LogP contribution in [0.2, 0.25) is 0 Å². The van der Waals surface area contributed by atoms with Gasteiger partial charge in [0.25, 0.3) is 5.91 Å². The highest BCUT2D eigenvalue weighted by molar-refractivity contribution is 6.02. The normalized spacial score (nSPS) is 13.6. The van der Waals surface area contributed by atoms with Crippen LogP contribution in [0.25, 0.3) is 27.8 Å². The Morgan fingerprint density at radius 2 is 1.63 bits per heavy atom. The molecule has 6 rings (SSSR count). The number of ether oxygens (including phenoxy) is 1. The average molecular weight is 504 g/mol. The number of hydrogen-bond acceptors (Lipinski definition) is 5. The summed E-state index contributed by atoms with van der Waals surface area (Å²) in [6.07, 6.45) is 3.81. The molecule has 0 saturated carbocycles. The fourth-order valence-corrected chi connectivity index (χ4v) is 5.21. The number of carbonyl (C=O) groups excluding carboxylic acids is 1. The fraction of sp³-hybridized carbons (Fsp3) is 0.194. The third kappa shape index (κ3) is 4.26. The lowest BCUT2D eigenvalue weighted by molar-refractivity contribution is 0.0743. The zero-order chi connectivity index (χ0) is 26.1. The van der Waals surface area contributed by atoms with Gasteiger partial charge in [0, 0.05) is 43.6 Å². The number of fused-ring (bicyclic) bond motifs is 1. The van der Waals surface area contributed by atoms with E-state index in [4.69, 9.17) is 14.7 Å². The number of carbonyl (C=O) groups is 1. The van der Waals surface area contributed by atoms with Crippen LogP contribution in [0.15, 0.2) is 91.4 Å². The fourth-order valence-electron chi connectivity index (χ4n) is 5.21. The third-order valence-electron chi connectivity index (χ3n) is 7.13. The van der Waals surface area contributed by atoms with Crippen molar-refractivity contribution in [3.05, 3.63) is 103 Å². The number of aryl methyl sites for hydroxylation is 1. The molecule has 0 aliphatic carbocycles. The van der Waals surface area contributed by atoms with Crippen molar-refractivity contribution in [1.82, 2.24) is 19.4 Å². The van der Waals surface area contributed by atoms with E-state index >= 15 is 0 Å². The lowest BCUT2D eigenvalue weighted by atomic mass is 10.1. The van der Waals surface area contributed by atoms with Crippen molar-refractivity contribution < 1.29 is 9.53 Å². The van der Waals surface area contributed by atoms with Crippen LogP contribution in [0.3, 0.4) is 0 Å². The lowest BCUT2D eigenvalue weighted by Gasteiger charge is -2.36. The van der Waals surface area contributed by atoms with Crippen LogP contribution >= 0.6 is 0 Å². The largest absolute Gasteiger partial charge is 0.496 e. The van der Waals surface area contributed by atoms with Crippen molar-refractivity contribution in [2.24, 2.45) is 0 Å². The summed E-state index contributed by atoms with van der Waals surface area (Å²) >= 11 is 0. The molecule has 5 aromatic rings. The number of rotatable bonds is 5. The molecule has 0 bridgehead atoms. The average Bonchev–Trinajstić information content (AvgIpc) is 3.37. The predicted octanol–water partition coefficient (Wildman–Crippen LogP) is 5.37. The van der Waals surface area contributed by atoms with Gasteiger partial charge in [0.1, 0.15) is 17.9 Å². The monoisotopic (exact) mass is 503 g/mol. The van der Waals surface area contributed by atoms with E-state index in [9.17, 15) is 4.79 Å². The maximum absolute atomic E-state index is 13.3. The molecule has 190 valence electrons. The summed E-state index contributed by atoms with van der Waals surface area (Å²) in [5, 5.41) is 1.02. The maximum atomic E-state index is 13.3. The first-order valence-electron chi connectivity index (χ1n) is 12.8. The summed E-state index contributed by atoms with van der Waals surface area (Å²) in [7, 11) is 1.59. The van der Waals surface area contributed by atoms with Crippen LogP contribution in [-0.4, -0.2) is 58.6 Å². The molecule has 0 unspecified atom stereocenters. The highest BCUT2D eigenvalue weighted by Gasteiger charge is 2.27. The number of para-hydroxylation sites is 1. The molecule has 7 heteroatoms. The van der Waals surface area contributed by atoms with Crippen molar-refractivity contribution in [3.8, 4) is 22.6 Å². The predicted molar refractivity (Wildman–Crippen MR) is 150 cm³/mol. The molecule has 1 fully saturated rings. The van der Waals surface area contributed by atoms with Gasteiger partial charge in [0.15, 0.2) is 5.65 Å². The Kier molecular flexibility index (Phi) is 6.25. The molecule has 3 heterocycles. The van der Waals surface area contributed by atoms with Gasteiger partial charge < -0.3 is 19.1 Å². The molecule has 3 aromatic carbocycles. The second-order valence-electron chi connectivity index (χ2n) is 9.49. The van der Waals surface area contributed by atoms with Crippen LogP contribution < -0.4 is 9.64 Å². The third-order valence-corrected chi connectivity index (χ3v) is 7.13.